The van der Waals surface area contributed by atoms with Gasteiger partial charge >= 0.3 is 13.3 Å². The number of halogens is 3. The van der Waals surface area contributed by atoms with Crippen LogP contribution in [0.3, 0.4) is 0 Å². The first-order chi connectivity index (χ1) is 9.93. The van der Waals surface area contributed by atoms with Crippen LogP contribution < -0.4 is 15.8 Å². The molecule has 1 aliphatic heterocycles. The standard InChI is InChI=1S/C13H17BF3NO4/c1-11(2)12(3,4)22-14(21-11)9-8(5-6-18-10(9)19)20-7-13(15,16)17/h5-6H,7H2,1-4H3,(H,18,19). The Morgan fingerprint density at radius 2 is 1.77 bits per heavy atom. The van der Waals surface area contributed by atoms with Crippen molar-refractivity contribution in [2.24, 2.45) is 0 Å². The Hall–Kier alpha value is -1.48. The molecule has 1 saturated heterocycles. The van der Waals surface area contributed by atoms with Crippen LogP contribution in [0.25, 0.3) is 0 Å². The van der Waals surface area contributed by atoms with Crippen molar-refractivity contribution in [1.82, 2.24) is 4.98 Å². The Bertz CT molecular complexity index is 596. The van der Waals surface area contributed by atoms with E-state index in [0.717, 1.165) is 0 Å². The van der Waals surface area contributed by atoms with Gasteiger partial charge in [0.25, 0.3) is 5.56 Å². The highest BCUT2D eigenvalue weighted by molar-refractivity contribution is 6.63. The third-order valence-corrected chi connectivity index (χ3v) is 3.84. The number of alkyl halides is 3. The first-order valence-electron chi connectivity index (χ1n) is 6.70. The predicted octanol–water partition coefficient (Wildman–Crippen LogP) is 1.62. The lowest BCUT2D eigenvalue weighted by Gasteiger charge is -2.32. The van der Waals surface area contributed by atoms with Gasteiger partial charge in [0.15, 0.2) is 6.61 Å². The van der Waals surface area contributed by atoms with E-state index in [9.17, 15) is 18.0 Å². The van der Waals surface area contributed by atoms with Crippen molar-refractivity contribution in [2.75, 3.05) is 6.61 Å². The number of H-pyrrole nitrogens is 1. The van der Waals surface area contributed by atoms with Crippen LogP contribution in [0.2, 0.25) is 0 Å². The van der Waals surface area contributed by atoms with E-state index in [-0.39, 0.29) is 11.2 Å². The van der Waals surface area contributed by atoms with Gasteiger partial charge in [-0.25, -0.2) is 0 Å². The van der Waals surface area contributed by atoms with E-state index in [4.69, 9.17) is 14.0 Å². The average Bonchev–Trinajstić information content (AvgIpc) is 2.54. The normalized spacial score (nSPS) is 20.2. The van der Waals surface area contributed by atoms with Gasteiger partial charge in [-0.2, -0.15) is 13.2 Å². The number of hydrogen-bond donors (Lipinski definition) is 1. The third kappa shape index (κ3) is 3.30. The maximum absolute atomic E-state index is 12.3. The van der Waals surface area contributed by atoms with E-state index in [1.54, 1.807) is 27.7 Å². The second-order valence-corrected chi connectivity index (χ2v) is 6.08. The SMILES string of the molecule is CC1(C)OB(c2c(OCC(F)(F)F)cc[nH]c2=O)OC1(C)C. The third-order valence-electron chi connectivity index (χ3n) is 3.84. The summed E-state index contributed by atoms with van der Waals surface area (Å²) in [7, 11) is -1.10. The Labute approximate surface area is 125 Å². The Morgan fingerprint density at radius 3 is 2.27 bits per heavy atom. The first-order valence-corrected chi connectivity index (χ1v) is 6.70. The molecule has 0 aliphatic carbocycles. The lowest BCUT2D eigenvalue weighted by Crippen LogP contribution is -2.46. The number of rotatable bonds is 3. The molecular formula is C13H17BF3NO4. The highest BCUT2D eigenvalue weighted by atomic mass is 19.4. The van der Waals surface area contributed by atoms with Crippen molar-refractivity contribution in [2.45, 2.75) is 45.1 Å². The Kier molecular flexibility index (Phi) is 4.08. The van der Waals surface area contributed by atoms with E-state index in [1.165, 1.54) is 12.3 Å². The van der Waals surface area contributed by atoms with Crippen molar-refractivity contribution in [3.05, 3.63) is 22.6 Å². The summed E-state index contributed by atoms with van der Waals surface area (Å²) in [5.41, 5.74) is -2.16. The van der Waals surface area contributed by atoms with Crippen LogP contribution >= 0.6 is 0 Å². The number of pyridine rings is 1. The zero-order chi connectivity index (χ0) is 16.8. The van der Waals surface area contributed by atoms with Gasteiger partial charge in [-0.05, 0) is 33.8 Å². The molecule has 122 valence electrons. The second kappa shape index (κ2) is 5.31. The molecule has 0 amide bonds. The second-order valence-electron chi connectivity index (χ2n) is 6.08. The number of ether oxygens (including phenoxy) is 1. The summed E-state index contributed by atoms with van der Waals surface area (Å²) in [4.78, 5) is 14.4. The largest absolute Gasteiger partial charge is 0.504 e. The van der Waals surface area contributed by atoms with Gasteiger partial charge in [0.2, 0.25) is 0 Å². The molecule has 0 bridgehead atoms. The number of nitrogens with one attached hydrogen (secondary N) is 1. The van der Waals surface area contributed by atoms with Crippen molar-refractivity contribution >= 4 is 12.6 Å². The van der Waals surface area contributed by atoms with Gasteiger partial charge in [-0.1, -0.05) is 0 Å². The topological polar surface area (TPSA) is 60.5 Å². The highest BCUT2D eigenvalue weighted by Crippen LogP contribution is 2.36. The molecule has 2 rings (SSSR count). The van der Waals surface area contributed by atoms with E-state index in [2.05, 4.69) is 4.98 Å². The fraction of sp³-hybridized carbons (Fsp3) is 0.615. The van der Waals surface area contributed by atoms with Gasteiger partial charge in [0.05, 0.1) is 16.7 Å². The smallest absolute Gasteiger partial charge is 0.484 e. The summed E-state index contributed by atoms with van der Waals surface area (Å²) in [6, 6.07) is 1.24. The number of aromatic nitrogens is 1. The van der Waals surface area contributed by atoms with Crippen molar-refractivity contribution in [3.8, 4) is 5.75 Å². The minimum atomic E-state index is -4.50. The summed E-state index contributed by atoms with van der Waals surface area (Å²) in [5, 5.41) is 0. The van der Waals surface area contributed by atoms with E-state index >= 15 is 0 Å². The van der Waals surface area contributed by atoms with Crippen molar-refractivity contribution < 1.29 is 27.2 Å². The fourth-order valence-corrected chi connectivity index (χ4v) is 1.94. The average molecular weight is 319 g/mol. The molecule has 1 aliphatic rings. The van der Waals surface area contributed by atoms with Crippen molar-refractivity contribution in [3.63, 3.8) is 0 Å². The molecule has 1 aromatic rings. The van der Waals surface area contributed by atoms with Crippen LogP contribution in [0.1, 0.15) is 27.7 Å². The summed E-state index contributed by atoms with van der Waals surface area (Å²) in [6.45, 7) is 5.62. The highest BCUT2D eigenvalue weighted by Gasteiger charge is 2.53. The van der Waals surface area contributed by atoms with Gasteiger partial charge in [-0.15, -0.1) is 0 Å². The molecule has 0 saturated carbocycles. The zero-order valence-electron chi connectivity index (χ0n) is 12.7. The molecule has 0 spiro atoms. The van der Waals surface area contributed by atoms with Crippen LogP contribution in [0, 0.1) is 0 Å². The lowest BCUT2D eigenvalue weighted by atomic mass is 9.79. The lowest BCUT2D eigenvalue weighted by molar-refractivity contribution is -0.153. The van der Waals surface area contributed by atoms with Crippen LogP contribution in [0.15, 0.2) is 17.1 Å². The van der Waals surface area contributed by atoms with Gasteiger partial charge in [-0.3, -0.25) is 4.79 Å². The molecule has 22 heavy (non-hydrogen) atoms. The Morgan fingerprint density at radius 1 is 1.23 bits per heavy atom. The van der Waals surface area contributed by atoms with Gasteiger partial charge in [0.1, 0.15) is 5.75 Å². The van der Waals surface area contributed by atoms with Crippen molar-refractivity contribution in [1.29, 1.82) is 0 Å². The van der Waals surface area contributed by atoms with Crippen LogP contribution in [-0.2, 0) is 9.31 Å². The minimum absolute atomic E-state index is 0.106. The van der Waals surface area contributed by atoms with Crippen LogP contribution in [0.5, 0.6) is 5.75 Å². The minimum Gasteiger partial charge on any atom is -0.484 e. The maximum Gasteiger partial charge on any atom is 0.504 e. The molecule has 0 unspecified atom stereocenters. The van der Waals surface area contributed by atoms with Crippen LogP contribution in [0.4, 0.5) is 13.2 Å². The molecule has 2 heterocycles. The summed E-state index contributed by atoms with van der Waals surface area (Å²) in [6.07, 6.45) is -3.29. The summed E-state index contributed by atoms with van der Waals surface area (Å²) < 4.78 is 53.1. The molecule has 0 radical (unpaired) electrons. The van der Waals surface area contributed by atoms with Crippen LogP contribution in [-0.4, -0.2) is 36.1 Å². The fourth-order valence-electron chi connectivity index (χ4n) is 1.94. The quantitative estimate of drug-likeness (QED) is 0.860. The number of hydrogen-bond acceptors (Lipinski definition) is 4. The predicted molar refractivity (Wildman–Crippen MR) is 74.3 cm³/mol. The van der Waals surface area contributed by atoms with E-state index in [1.807, 2.05) is 0 Å². The molecule has 9 heteroatoms. The van der Waals surface area contributed by atoms with E-state index in [0.29, 0.717) is 0 Å². The molecule has 0 atom stereocenters. The number of aromatic amines is 1. The summed E-state index contributed by atoms with van der Waals surface area (Å²) in [5.74, 6) is -0.209. The summed E-state index contributed by atoms with van der Waals surface area (Å²) >= 11 is 0. The molecule has 1 N–H and O–H groups in total. The maximum atomic E-state index is 12.3. The molecule has 1 fully saturated rings. The van der Waals surface area contributed by atoms with Gasteiger partial charge in [0, 0.05) is 6.20 Å². The van der Waals surface area contributed by atoms with E-state index < -0.39 is 36.7 Å². The molecule has 5 nitrogen and oxygen atoms in total. The molecule has 0 aromatic carbocycles. The van der Waals surface area contributed by atoms with Gasteiger partial charge < -0.3 is 19.0 Å². The first kappa shape index (κ1) is 16.9. The Balaban J connectivity index is 2.34. The zero-order valence-corrected chi connectivity index (χ0v) is 12.7. The monoisotopic (exact) mass is 319 g/mol. The molecule has 1 aromatic heterocycles. The molecular weight excluding hydrogens is 302 g/mol.